The molecule has 1 aliphatic heterocycles. The minimum atomic E-state index is -0.479. The van der Waals surface area contributed by atoms with Crippen LogP contribution in [0.15, 0.2) is 23.2 Å². The van der Waals surface area contributed by atoms with Crippen molar-refractivity contribution < 1.29 is 9.84 Å². The number of aliphatic hydroxyl groups is 1. The number of hydrogen-bond donors (Lipinski definition) is 2. The van der Waals surface area contributed by atoms with E-state index in [1.165, 1.54) is 5.56 Å². The highest BCUT2D eigenvalue weighted by atomic mass is 16.5. The number of benzene rings is 1. The maximum Gasteiger partial charge on any atom is 0.119 e. The number of aliphatic hydroxyl groups excluding tert-OH is 1. The molecule has 0 spiro atoms. The van der Waals surface area contributed by atoms with E-state index in [2.05, 4.69) is 16.4 Å². The fourth-order valence-corrected chi connectivity index (χ4v) is 2.84. The molecular formula is C14H18N2O2. The first kappa shape index (κ1) is 11.5. The summed E-state index contributed by atoms with van der Waals surface area (Å²) in [5.74, 6) is 1.87. The Morgan fingerprint density at radius 2 is 2.33 bits per heavy atom. The average Bonchev–Trinajstić information content (AvgIpc) is 2.93. The second-order valence-electron chi connectivity index (χ2n) is 4.85. The molecule has 0 saturated carbocycles. The Balaban J connectivity index is 1.92. The lowest BCUT2D eigenvalue weighted by Gasteiger charge is -2.30. The van der Waals surface area contributed by atoms with Gasteiger partial charge >= 0.3 is 0 Å². The van der Waals surface area contributed by atoms with Gasteiger partial charge in [-0.3, -0.25) is 4.99 Å². The van der Waals surface area contributed by atoms with Crippen LogP contribution in [0.25, 0.3) is 0 Å². The molecule has 18 heavy (non-hydrogen) atoms. The molecule has 2 atom stereocenters. The highest BCUT2D eigenvalue weighted by Gasteiger charge is 2.32. The fourth-order valence-electron chi connectivity index (χ4n) is 2.84. The first-order chi connectivity index (χ1) is 8.79. The quantitative estimate of drug-likeness (QED) is 0.827. The zero-order valence-electron chi connectivity index (χ0n) is 10.5. The van der Waals surface area contributed by atoms with Crippen molar-refractivity contribution in [3.05, 3.63) is 29.3 Å². The van der Waals surface area contributed by atoms with E-state index in [0.717, 1.165) is 43.1 Å². The molecule has 4 nitrogen and oxygen atoms in total. The zero-order chi connectivity index (χ0) is 12.5. The van der Waals surface area contributed by atoms with Gasteiger partial charge in [-0.1, -0.05) is 6.07 Å². The summed E-state index contributed by atoms with van der Waals surface area (Å²) >= 11 is 0. The molecule has 4 heteroatoms. The largest absolute Gasteiger partial charge is 0.497 e. The number of aliphatic imine (C=N–C) groups is 1. The summed E-state index contributed by atoms with van der Waals surface area (Å²) in [5.41, 5.74) is 2.21. The molecule has 3 rings (SSSR count). The van der Waals surface area contributed by atoms with Crippen molar-refractivity contribution >= 4 is 5.84 Å². The van der Waals surface area contributed by atoms with E-state index in [9.17, 15) is 5.11 Å². The maximum absolute atomic E-state index is 10.5. The van der Waals surface area contributed by atoms with Crippen molar-refractivity contribution in [1.29, 1.82) is 0 Å². The van der Waals surface area contributed by atoms with Crippen LogP contribution >= 0.6 is 0 Å². The molecule has 0 unspecified atom stereocenters. The number of fused-ring (bicyclic) bond motifs is 1. The van der Waals surface area contributed by atoms with Crippen LogP contribution in [0.5, 0.6) is 5.75 Å². The predicted octanol–water partition coefficient (Wildman–Crippen LogP) is 1.29. The third-order valence-electron chi connectivity index (χ3n) is 3.83. The number of methoxy groups -OCH3 is 1. The van der Waals surface area contributed by atoms with E-state index in [1.807, 2.05) is 12.1 Å². The molecule has 0 bridgehead atoms. The number of hydrogen-bond acceptors (Lipinski definition) is 4. The lowest BCUT2D eigenvalue weighted by molar-refractivity contribution is 0.125. The Morgan fingerprint density at radius 1 is 1.44 bits per heavy atom. The molecule has 0 fully saturated rings. The highest BCUT2D eigenvalue weighted by Crippen LogP contribution is 2.37. The number of ether oxygens (including phenoxy) is 1. The Hall–Kier alpha value is -1.55. The molecule has 1 aliphatic carbocycles. The van der Waals surface area contributed by atoms with Gasteiger partial charge in [0.05, 0.1) is 19.8 Å². The molecule has 1 heterocycles. The number of nitrogens with zero attached hydrogens (tertiary/aromatic N) is 1. The first-order valence-electron chi connectivity index (χ1n) is 6.42. The molecule has 0 saturated heterocycles. The van der Waals surface area contributed by atoms with Gasteiger partial charge in [-0.15, -0.1) is 0 Å². The van der Waals surface area contributed by atoms with Gasteiger partial charge in [0, 0.05) is 12.5 Å². The van der Waals surface area contributed by atoms with Crippen LogP contribution in [0.1, 0.15) is 23.7 Å². The molecule has 2 aliphatic rings. The first-order valence-corrected chi connectivity index (χ1v) is 6.42. The van der Waals surface area contributed by atoms with Gasteiger partial charge < -0.3 is 15.2 Å². The van der Waals surface area contributed by atoms with Gasteiger partial charge in [-0.2, -0.15) is 0 Å². The lowest BCUT2D eigenvalue weighted by Crippen LogP contribution is -2.34. The van der Waals surface area contributed by atoms with E-state index in [4.69, 9.17) is 4.74 Å². The summed E-state index contributed by atoms with van der Waals surface area (Å²) in [5, 5.41) is 13.8. The van der Waals surface area contributed by atoms with Crippen LogP contribution < -0.4 is 10.1 Å². The summed E-state index contributed by atoms with van der Waals surface area (Å²) < 4.78 is 5.23. The van der Waals surface area contributed by atoms with Crippen molar-refractivity contribution in [2.24, 2.45) is 10.9 Å². The van der Waals surface area contributed by atoms with E-state index in [1.54, 1.807) is 7.11 Å². The normalized spacial score (nSPS) is 26.2. The summed E-state index contributed by atoms with van der Waals surface area (Å²) in [6.45, 7) is 1.72. The van der Waals surface area contributed by atoms with E-state index in [0.29, 0.717) is 0 Å². The van der Waals surface area contributed by atoms with E-state index >= 15 is 0 Å². The van der Waals surface area contributed by atoms with Crippen molar-refractivity contribution in [2.45, 2.75) is 18.9 Å². The van der Waals surface area contributed by atoms with Gasteiger partial charge in [0.25, 0.3) is 0 Å². The average molecular weight is 246 g/mol. The Labute approximate surface area is 107 Å². The van der Waals surface area contributed by atoms with Crippen LogP contribution in [0.2, 0.25) is 0 Å². The van der Waals surface area contributed by atoms with Gasteiger partial charge in [-0.05, 0) is 36.1 Å². The van der Waals surface area contributed by atoms with Crippen molar-refractivity contribution in [3.63, 3.8) is 0 Å². The van der Waals surface area contributed by atoms with Gasteiger partial charge in [-0.25, -0.2) is 0 Å². The number of aryl methyl sites for hydroxylation is 1. The Morgan fingerprint density at radius 3 is 3.06 bits per heavy atom. The molecule has 2 N–H and O–H groups in total. The predicted molar refractivity (Wildman–Crippen MR) is 70.1 cm³/mol. The smallest absolute Gasteiger partial charge is 0.119 e. The lowest BCUT2D eigenvalue weighted by atomic mass is 9.80. The van der Waals surface area contributed by atoms with Gasteiger partial charge in [0.15, 0.2) is 0 Å². The second-order valence-corrected chi connectivity index (χ2v) is 4.85. The minimum Gasteiger partial charge on any atom is -0.497 e. The van der Waals surface area contributed by atoms with Crippen LogP contribution in [0.3, 0.4) is 0 Å². The van der Waals surface area contributed by atoms with Crippen LogP contribution in [-0.4, -0.2) is 31.1 Å². The minimum absolute atomic E-state index is 0.104. The third kappa shape index (κ3) is 1.86. The SMILES string of the molecule is COc1ccc2c(c1)[C@@H](O)[C@H](C1=NCCN1)CC2. The maximum atomic E-state index is 10.5. The van der Waals surface area contributed by atoms with Crippen molar-refractivity contribution in [3.8, 4) is 5.75 Å². The van der Waals surface area contributed by atoms with E-state index in [-0.39, 0.29) is 5.92 Å². The standard InChI is InChI=1S/C14H18N2O2/c1-18-10-4-2-9-3-5-11(13(17)12(9)8-10)14-15-6-7-16-14/h2,4,8,11,13,17H,3,5-7H2,1H3,(H,15,16)/t11-,13+/m1/s1. The molecule has 1 aromatic carbocycles. The Kier molecular flexibility index (Phi) is 2.96. The molecule has 0 radical (unpaired) electrons. The molecule has 1 aromatic rings. The zero-order valence-corrected chi connectivity index (χ0v) is 10.5. The third-order valence-corrected chi connectivity index (χ3v) is 3.83. The summed E-state index contributed by atoms with van der Waals surface area (Å²) in [7, 11) is 1.65. The van der Waals surface area contributed by atoms with E-state index < -0.39 is 6.10 Å². The highest BCUT2D eigenvalue weighted by molar-refractivity contribution is 5.86. The topological polar surface area (TPSA) is 53.9 Å². The Bertz CT molecular complexity index is 485. The van der Waals surface area contributed by atoms with Crippen molar-refractivity contribution in [2.75, 3.05) is 20.2 Å². The van der Waals surface area contributed by atoms with Crippen LogP contribution in [-0.2, 0) is 6.42 Å². The summed E-state index contributed by atoms with van der Waals surface area (Å²) in [6.07, 6.45) is 1.46. The van der Waals surface area contributed by atoms with Gasteiger partial charge in [0.1, 0.15) is 11.6 Å². The summed E-state index contributed by atoms with van der Waals surface area (Å²) in [4.78, 5) is 4.44. The van der Waals surface area contributed by atoms with Crippen LogP contribution in [0, 0.1) is 5.92 Å². The van der Waals surface area contributed by atoms with Crippen molar-refractivity contribution in [1.82, 2.24) is 5.32 Å². The van der Waals surface area contributed by atoms with Crippen LogP contribution in [0.4, 0.5) is 0 Å². The molecule has 0 amide bonds. The summed E-state index contributed by atoms with van der Waals surface area (Å²) in [6, 6.07) is 5.95. The molecular weight excluding hydrogens is 228 g/mol. The number of nitrogens with one attached hydrogen (secondary N) is 1. The fraction of sp³-hybridized carbons (Fsp3) is 0.500. The molecule has 96 valence electrons. The monoisotopic (exact) mass is 246 g/mol. The number of rotatable bonds is 2. The second kappa shape index (κ2) is 4.61. The number of amidine groups is 1. The van der Waals surface area contributed by atoms with Gasteiger partial charge in [0.2, 0.25) is 0 Å². The molecule has 0 aromatic heterocycles.